The van der Waals surface area contributed by atoms with Gasteiger partial charge in [-0.3, -0.25) is 4.79 Å². The number of ether oxygens (including phenoxy) is 1. The maximum atomic E-state index is 11.9. The van der Waals surface area contributed by atoms with E-state index in [1.54, 1.807) is 7.11 Å². The first-order valence-corrected chi connectivity index (χ1v) is 7.51. The molecular weight excluding hydrogens is 318 g/mol. The van der Waals surface area contributed by atoms with Crippen molar-refractivity contribution in [3.05, 3.63) is 51.8 Å². The van der Waals surface area contributed by atoms with Gasteiger partial charge in [-0.15, -0.1) is 0 Å². The molecule has 0 bridgehead atoms. The average Bonchev–Trinajstić information content (AvgIpc) is 2.83. The third-order valence-electron chi connectivity index (χ3n) is 3.71. The van der Waals surface area contributed by atoms with Crippen LogP contribution in [-0.2, 0) is 13.0 Å². The lowest BCUT2D eigenvalue weighted by Gasteiger charge is -2.09. The summed E-state index contributed by atoms with van der Waals surface area (Å²) in [6, 6.07) is 5.97. The first-order chi connectivity index (χ1) is 9.67. The highest BCUT2D eigenvalue weighted by Crippen LogP contribution is 2.26. The van der Waals surface area contributed by atoms with Gasteiger partial charge in [0.05, 0.1) is 13.7 Å². The molecule has 3 nitrogen and oxygen atoms in total. The normalized spacial score (nSPS) is 14.2. The fraction of sp³-hybridized carbons (Fsp3) is 0.312. The van der Waals surface area contributed by atoms with Crippen molar-refractivity contribution in [1.82, 2.24) is 4.57 Å². The zero-order valence-corrected chi connectivity index (χ0v) is 12.9. The summed E-state index contributed by atoms with van der Waals surface area (Å²) >= 11 is 3.49. The lowest BCUT2D eigenvalue weighted by molar-refractivity contribution is 0.0973. The number of aryl methyl sites for hydroxylation is 1. The summed E-state index contributed by atoms with van der Waals surface area (Å²) in [6.45, 7) is 0.711. The van der Waals surface area contributed by atoms with Crippen LogP contribution in [0.1, 0.15) is 34.3 Å². The van der Waals surface area contributed by atoms with E-state index in [0.717, 1.165) is 34.2 Å². The van der Waals surface area contributed by atoms with Crippen LogP contribution in [0, 0.1) is 0 Å². The minimum Gasteiger partial charge on any atom is -0.496 e. The third kappa shape index (κ3) is 2.52. The van der Waals surface area contributed by atoms with Crippen molar-refractivity contribution < 1.29 is 9.53 Å². The molecule has 0 radical (unpaired) electrons. The van der Waals surface area contributed by atoms with E-state index in [-0.39, 0.29) is 5.78 Å². The van der Waals surface area contributed by atoms with Gasteiger partial charge in [-0.05, 0) is 36.6 Å². The summed E-state index contributed by atoms with van der Waals surface area (Å²) < 4.78 is 8.51. The van der Waals surface area contributed by atoms with Crippen molar-refractivity contribution in [3.8, 4) is 5.75 Å². The van der Waals surface area contributed by atoms with E-state index < -0.39 is 0 Å². The lowest BCUT2D eigenvalue weighted by Crippen LogP contribution is -2.07. The van der Waals surface area contributed by atoms with Gasteiger partial charge in [-0.25, -0.2) is 0 Å². The van der Waals surface area contributed by atoms with E-state index in [0.29, 0.717) is 13.0 Å². The Hall–Kier alpha value is -1.55. The molecule has 0 aliphatic heterocycles. The molecule has 20 heavy (non-hydrogen) atoms. The number of ketones is 1. The van der Waals surface area contributed by atoms with Crippen LogP contribution in [0.25, 0.3) is 0 Å². The summed E-state index contributed by atoms with van der Waals surface area (Å²) in [7, 11) is 1.68. The van der Waals surface area contributed by atoms with Crippen LogP contribution in [0.15, 0.2) is 35.1 Å². The van der Waals surface area contributed by atoms with E-state index in [1.807, 2.05) is 18.3 Å². The number of hydrogen-bond donors (Lipinski definition) is 0. The highest BCUT2D eigenvalue weighted by molar-refractivity contribution is 9.10. The summed E-state index contributed by atoms with van der Waals surface area (Å²) in [5.74, 6) is 1.14. The predicted octanol–water partition coefficient (Wildman–Crippen LogP) is 3.83. The molecule has 3 rings (SSSR count). The van der Waals surface area contributed by atoms with Crippen LogP contribution in [0.3, 0.4) is 0 Å². The molecule has 0 unspecified atom stereocenters. The largest absolute Gasteiger partial charge is 0.496 e. The van der Waals surface area contributed by atoms with Crippen LogP contribution < -0.4 is 4.74 Å². The molecule has 0 saturated heterocycles. The molecule has 1 aliphatic carbocycles. The first-order valence-electron chi connectivity index (χ1n) is 6.71. The van der Waals surface area contributed by atoms with Crippen LogP contribution in [0.4, 0.5) is 0 Å². The highest BCUT2D eigenvalue weighted by Gasteiger charge is 2.19. The molecule has 0 atom stereocenters. The Morgan fingerprint density at radius 2 is 2.15 bits per heavy atom. The second-order valence-electron chi connectivity index (χ2n) is 5.10. The number of carbonyl (C=O) groups is 1. The van der Waals surface area contributed by atoms with Crippen molar-refractivity contribution in [2.75, 3.05) is 7.11 Å². The number of rotatable bonds is 3. The number of Topliss-reactive ketones (excluding diaryl/α,β-unsaturated/α-hetero) is 1. The number of aromatic nitrogens is 1. The summed E-state index contributed by atoms with van der Waals surface area (Å²) in [5, 5.41) is 0. The number of halogens is 1. The van der Waals surface area contributed by atoms with E-state index in [2.05, 4.69) is 32.8 Å². The number of nitrogens with zero attached hydrogens (tertiary/aromatic N) is 1. The molecule has 1 aromatic carbocycles. The van der Waals surface area contributed by atoms with E-state index in [1.165, 1.54) is 5.56 Å². The van der Waals surface area contributed by atoms with Crippen LogP contribution in [-0.4, -0.2) is 17.5 Å². The summed E-state index contributed by atoms with van der Waals surface area (Å²) in [5.41, 5.74) is 3.17. The van der Waals surface area contributed by atoms with Gasteiger partial charge < -0.3 is 9.30 Å². The van der Waals surface area contributed by atoms with E-state index in [9.17, 15) is 4.79 Å². The topological polar surface area (TPSA) is 31.2 Å². The van der Waals surface area contributed by atoms with Crippen LogP contribution >= 0.6 is 15.9 Å². The Morgan fingerprint density at radius 3 is 2.90 bits per heavy atom. The molecule has 2 aromatic rings. The van der Waals surface area contributed by atoms with Gasteiger partial charge in [0.2, 0.25) is 0 Å². The first kappa shape index (κ1) is 13.4. The van der Waals surface area contributed by atoms with E-state index >= 15 is 0 Å². The maximum Gasteiger partial charge on any atom is 0.164 e. The van der Waals surface area contributed by atoms with Crippen LogP contribution in [0.5, 0.6) is 5.75 Å². The van der Waals surface area contributed by atoms with Gasteiger partial charge in [0.15, 0.2) is 5.78 Å². The molecule has 104 valence electrons. The SMILES string of the molecule is COc1ccc(Br)cc1Cn1cc2c(c1)C(=O)CCC2. The van der Waals surface area contributed by atoms with Gasteiger partial charge in [0.1, 0.15) is 5.75 Å². The smallest absolute Gasteiger partial charge is 0.164 e. The minimum atomic E-state index is 0.270. The predicted molar refractivity (Wildman–Crippen MR) is 81.5 cm³/mol. The van der Waals surface area contributed by atoms with Gasteiger partial charge in [-0.2, -0.15) is 0 Å². The van der Waals surface area contributed by atoms with Gasteiger partial charge in [0.25, 0.3) is 0 Å². The number of carbonyl (C=O) groups excluding carboxylic acids is 1. The van der Waals surface area contributed by atoms with Crippen molar-refractivity contribution in [1.29, 1.82) is 0 Å². The van der Waals surface area contributed by atoms with Gasteiger partial charge >= 0.3 is 0 Å². The molecule has 1 heterocycles. The monoisotopic (exact) mass is 333 g/mol. The Labute approximate surface area is 126 Å². The average molecular weight is 334 g/mol. The standard InChI is InChI=1S/C16H16BrNO2/c1-20-16-6-5-13(17)7-12(16)9-18-8-11-3-2-4-15(19)14(11)10-18/h5-8,10H,2-4,9H2,1H3. The zero-order valence-electron chi connectivity index (χ0n) is 11.4. The molecule has 0 amide bonds. The Bertz CT molecular complexity index is 660. The Kier molecular flexibility index (Phi) is 3.66. The lowest BCUT2D eigenvalue weighted by atomic mass is 9.95. The van der Waals surface area contributed by atoms with Crippen molar-refractivity contribution in [3.63, 3.8) is 0 Å². The highest BCUT2D eigenvalue weighted by atomic mass is 79.9. The van der Waals surface area contributed by atoms with E-state index in [4.69, 9.17) is 4.74 Å². The fourth-order valence-electron chi connectivity index (χ4n) is 2.74. The van der Waals surface area contributed by atoms with Crippen LogP contribution in [0.2, 0.25) is 0 Å². The van der Waals surface area contributed by atoms with Crippen molar-refractivity contribution in [2.24, 2.45) is 0 Å². The van der Waals surface area contributed by atoms with Crippen molar-refractivity contribution >= 4 is 21.7 Å². The number of benzene rings is 1. The second kappa shape index (κ2) is 5.44. The molecule has 1 aromatic heterocycles. The fourth-order valence-corrected chi connectivity index (χ4v) is 3.15. The number of fused-ring (bicyclic) bond motifs is 1. The zero-order chi connectivity index (χ0) is 14.1. The summed E-state index contributed by atoms with van der Waals surface area (Å²) in [6.07, 6.45) is 6.71. The van der Waals surface area contributed by atoms with Crippen molar-refractivity contribution in [2.45, 2.75) is 25.8 Å². The molecule has 0 spiro atoms. The molecule has 4 heteroatoms. The van der Waals surface area contributed by atoms with Gasteiger partial charge in [0, 0.05) is 34.4 Å². The quantitative estimate of drug-likeness (QED) is 0.854. The molecule has 0 saturated carbocycles. The maximum absolute atomic E-state index is 11.9. The third-order valence-corrected chi connectivity index (χ3v) is 4.20. The minimum absolute atomic E-state index is 0.270. The molecule has 0 N–H and O–H groups in total. The van der Waals surface area contributed by atoms with Gasteiger partial charge in [-0.1, -0.05) is 15.9 Å². The second-order valence-corrected chi connectivity index (χ2v) is 6.02. The molecule has 1 aliphatic rings. The molecule has 0 fully saturated rings. The molecular formula is C16H16BrNO2. The number of methoxy groups -OCH3 is 1. The Balaban J connectivity index is 1.92. The number of hydrogen-bond acceptors (Lipinski definition) is 2. The summed E-state index contributed by atoms with van der Waals surface area (Å²) in [4.78, 5) is 11.9. The Morgan fingerprint density at radius 1 is 1.30 bits per heavy atom.